The molecule has 0 radical (unpaired) electrons. The number of hydrogen-bond donors (Lipinski definition) is 2. The molecule has 2 bridgehead atoms. The maximum atomic E-state index is 12.9. The lowest BCUT2D eigenvalue weighted by molar-refractivity contribution is -0.146. The molecule has 1 amide bonds. The molecule has 2 N–H and O–H groups in total. The van der Waals surface area contributed by atoms with E-state index >= 15 is 0 Å². The Kier molecular flexibility index (Phi) is 5.15. The molecule has 2 aliphatic rings. The molecule has 0 aromatic heterocycles. The average Bonchev–Trinajstić information content (AvgIpc) is 2.77. The fraction of sp³-hybridized carbons (Fsp3) is 0.333. The van der Waals surface area contributed by atoms with Crippen molar-refractivity contribution < 1.29 is 14.7 Å². The van der Waals surface area contributed by atoms with E-state index in [2.05, 4.69) is 5.32 Å². The monoisotopic (exact) mass is 495 g/mol. The zero-order valence-corrected chi connectivity index (χ0v) is 17.7. The molecule has 1 fully saturated rings. The van der Waals surface area contributed by atoms with Crippen molar-refractivity contribution >= 4 is 98.8 Å². The zero-order chi connectivity index (χ0) is 19.7. The van der Waals surface area contributed by atoms with Crippen molar-refractivity contribution in [2.75, 3.05) is 5.32 Å². The van der Waals surface area contributed by atoms with Gasteiger partial charge in [-0.2, -0.15) is 0 Å². The lowest BCUT2D eigenvalue weighted by atomic mass is 9.81. The number of carbonyl (C=O) groups is 2. The molecule has 11 heteroatoms. The summed E-state index contributed by atoms with van der Waals surface area (Å²) in [5, 5.41) is 12.2. The third-order valence-corrected chi connectivity index (χ3v) is 9.11. The standard InChI is InChI=1S/C15H8Cl7NO3/c16-5-1-3-6(4-2-5)23-11(24)7-8(12(25)26)14(20)10(18)9(17)13(7,19)15(14,21)22/h1-4,7-8H,(H,23,24)(H,25,26)/t7-,8+,13-,14-/m1/s1. The minimum Gasteiger partial charge on any atom is -0.481 e. The molecule has 26 heavy (non-hydrogen) atoms. The van der Waals surface area contributed by atoms with Gasteiger partial charge in [-0.25, -0.2) is 0 Å². The average molecular weight is 498 g/mol. The SMILES string of the molecule is O=C(O)[C@@H]1[C@H](C(=O)Nc2ccc(Cl)cc2)[C@@]2(Cl)C(Cl)=C(Cl)[C@@]1(Cl)C2(Cl)Cl. The third-order valence-electron chi connectivity index (χ3n) is 4.60. The Labute approximate surface area is 183 Å². The van der Waals surface area contributed by atoms with E-state index in [0.717, 1.165) is 0 Å². The second-order valence-corrected chi connectivity index (χ2v) is 9.63. The highest BCUT2D eigenvalue weighted by Crippen LogP contribution is 2.76. The number of carboxylic acid groups (broad SMARTS) is 1. The predicted molar refractivity (Wildman–Crippen MR) is 105 cm³/mol. The number of aliphatic carboxylic acids is 1. The van der Waals surface area contributed by atoms with E-state index in [4.69, 9.17) is 81.2 Å². The van der Waals surface area contributed by atoms with Crippen LogP contribution in [-0.4, -0.2) is 31.1 Å². The van der Waals surface area contributed by atoms with Crippen LogP contribution in [0.25, 0.3) is 0 Å². The van der Waals surface area contributed by atoms with Gasteiger partial charge in [-0.1, -0.05) is 58.0 Å². The summed E-state index contributed by atoms with van der Waals surface area (Å²) in [6.07, 6.45) is 0. The Hall–Kier alpha value is -0.0700. The fourth-order valence-corrected chi connectivity index (χ4v) is 6.44. The molecule has 1 saturated carbocycles. The quantitative estimate of drug-likeness (QED) is 0.546. The molecule has 0 unspecified atom stereocenters. The van der Waals surface area contributed by atoms with Gasteiger partial charge in [0.15, 0.2) is 4.33 Å². The van der Waals surface area contributed by atoms with Crippen LogP contribution in [0.4, 0.5) is 5.69 Å². The summed E-state index contributed by atoms with van der Waals surface area (Å²) in [4.78, 5) is 20.7. The smallest absolute Gasteiger partial charge is 0.309 e. The normalized spacial score (nSPS) is 34.9. The van der Waals surface area contributed by atoms with Crippen molar-refractivity contribution in [3.05, 3.63) is 39.4 Å². The summed E-state index contributed by atoms with van der Waals surface area (Å²) in [7, 11) is 0. The van der Waals surface area contributed by atoms with Crippen molar-refractivity contribution in [1.29, 1.82) is 0 Å². The molecular formula is C15H8Cl7NO3. The molecule has 3 rings (SSSR count). The first-order chi connectivity index (χ1) is 11.9. The number of carboxylic acids is 1. The highest BCUT2D eigenvalue weighted by atomic mass is 35.5. The Morgan fingerprint density at radius 3 is 1.81 bits per heavy atom. The minimum absolute atomic E-state index is 0.255. The number of allylic oxidation sites excluding steroid dienone is 2. The van der Waals surface area contributed by atoms with Gasteiger partial charge in [0.25, 0.3) is 0 Å². The molecule has 2 aliphatic carbocycles. The topological polar surface area (TPSA) is 66.4 Å². The molecular weight excluding hydrogens is 490 g/mol. The molecule has 0 aliphatic heterocycles. The summed E-state index contributed by atoms with van der Waals surface area (Å²) in [6, 6.07) is 6.14. The van der Waals surface area contributed by atoms with Crippen LogP contribution in [0.15, 0.2) is 34.3 Å². The van der Waals surface area contributed by atoms with Gasteiger partial charge in [-0.05, 0) is 24.3 Å². The van der Waals surface area contributed by atoms with Gasteiger partial charge in [-0.3, -0.25) is 9.59 Å². The Bertz CT molecular complexity index is 840. The number of fused-ring (bicyclic) bond motifs is 2. The summed E-state index contributed by atoms with van der Waals surface area (Å²) in [5.74, 6) is -5.31. The number of anilines is 1. The molecule has 4 atom stereocenters. The first-order valence-electron chi connectivity index (χ1n) is 7.01. The van der Waals surface area contributed by atoms with E-state index in [1.165, 1.54) is 12.1 Å². The van der Waals surface area contributed by atoms with Gasteiger partial charge in [0.1, 0.15) is 9.75 Å². The number of nitrogens with one attached hydrogen (secondary N) is 1. The summed E-state index contributed by atoms with van der Waals surface area (Å²) in [5.41, 5.74) is 0.358. The molecule has 4 nitrogen and oxygen atoms in total. The van der Waals surface area contributed by atoms with Crippen LogP contribution in [0.3, 0.4) is 0 Å². The molecule has 1 aromatic carbocycles. The molecule has 0 spiro atoms. The number of alkyl halides is 4. The van der Waals surface area contributed by atoms with E-state index in [-0.39, 0.29) is 10.1 Å². The number of benzene rings is 1. The maximum absolute atomic E-state index is 12.9. The highest BCUT2D eigenvalue weighted by Gasteiger charge is 2.85. The highest BCUT2D eigenvalue weighted by molar-refractivity contribution is 6.66. The van der Waals surface area contributed by atoms with Crippen LogP contribution in [0, 0.1) is 11.8 Å². The number of halogens is 7. The molecule has 0 saturated heterocycles. The van der Waals surface area contributed by atoms with E-state index in [0.29, 0.717) is 10.7 Å². The van der Waals surface area contributed by atoms with Crippen LogP contribution in [0.5, 0.6) is 0 Å². The lowest BCUT2D eigenvalue weighted by Gasteiger charge is -2.33. The first-order valence-corrected chi connectivity index (χ1v) is 9.66. The van der Waals surface area contributed by atoms with Crippen molar-refractivity contribution in [3.8, 4) is 0 Å². The second kappa shape index (κ2) is 6.48. The zero-order valence-electron chi connectivity index (χ0n) is 12.4. The van der Waals surface area contributed by atoms with Gasteiger partial charge in [0.05, 0.1) is 21.9 Å². The van der Waals surface area contributed by atoms with Crippen molar-refractivity contribution in [2.45, 2.75) is 14.1 Å². The Balaban J connectivity index is 2.10. The van der Waals surface area contributed by atoms with E-state index < -0.39 is 37.8 Å². The van der Waals surface area contributed by atoms with Crippen LogP contribution >= 0.6 is 81.2 Å². The predicted octanol–water partition coefficient (Wildman–Crippen LogP) is 5.44. The van der Waals surface area contributed by atoms with E-state index in [9.17, 15) is 14.7 Å². The number of carbonyl (C=O) groups excluding carboxylic acids is 1. The van der Waals surface area contributed by atoms with Crippen LogP contribution in [0.2, 0.25) is 5.02 Å². The van der Waals surface area contributed by atoms with Crippen LogP contribution in [-0.2, 0) is 9.59 Å². The van der Waals surface area contributed by atoms with Gasteiger partial charge in [-0.15, -0.1) is 23.2 Å². The van der Waals surface area contributed by atoms with E-state index in [1.54, 1.807) is 12.1 Å². The van der Waals surface area contributed by atoms with Crippen molar-refractivity contribution in [3.63, 3.8) is 0 Å². The van der Waals surface area contributed by atoms with Crippen molar-refractivity contribution in [2.24, 2.45) is 11.8 Å². The van der Waals surface area contributed by atoms with Gasteiger partial charge in [0, 0.05) is 10.7 Å². The summed E-state index contributed by atoms with van der Waals surface area (Å²) >= 11 is 43.8. The fourth-order valence-electron chi connectivity index (χ4n) is 3.38. The van der Waals surface area contributed by atoms with Crippen molar-refractivity contribution in [1.82, 2.24) is 0 Å². The van der Waals surface area contributed by atoms with Gasteiger partial charge >= 0.3 is 5.97 Å². The first kappa shape index (κ1) is 20.7. The van der Waals surface area contributed by atoms with E-state index in [1.807, 2.05) is 0 Å². The van der Waals surface area contributed by atoms with Crippen LogP contribution < -0.4 is 5.32 Å². The summed E-state index contributed by atoms with van der Waals surface area (Å²) < 4.78 is -2.14. The maximum Gasteiger partial charge on any atom is 0.309 e. The Morgan fingerprint density at radius 1 is 0.885 bits per heavy atom. The molecule has 140 valence electrons. The summed E-state index contributed by atoms with van der Waals surface area (Å²) in [6.45, 7) is 0. The van der Waals surface area contributed by atoms with Gasteiger partial charge < -0.3 is 10.4 Å². The molecule has 1 aromatic rings. The number of amides is 1. The number of rotatable bonds is 3. The van der Waals surface area contributed by atoms with Gasteiger partial charge in [0.2, 0.25) is 5.91 Å². The Morgan fingerprint density at radius 2 is 1.35 bits per heavy atom. The molecule has 0 heterocycles. The third kappa shape index (κ3) is 2.43. The minimum atomic E-state index is -2.14. The lowest BCUT2D eigenvalue weighted by Crippen LogP contribution is -2.47. The number of hydrogen-bond acceptors (Lipinski definition) is 2. The second-order valence-electron chi connectivity index (χ2n) is 5.92. The largest absolute Gasteiger partial charge is 0.481 e. The van der Waals surface area contributed by atoms with Crippen LogP contribution in [0.1, 0.15) is 0 Å².